The first-order chi connectivity index (χ1) is 10.4. The lowest BCUT2D eigenvalue weighted by atomic mass is 10.2. The maximum atomic E-state index is 12.5. The first-order valence-electron chi connectivity index (χ1n) is 6.85. The second-order valence-electron chi connectivity index (χ2n) is 4.96. The Kier molecular flexibility index (Phi) is 4.60. The molecule has 0 radical (unpaired) electrons. The quantitative estimate of drug-likeness (QED) is 0.895. The lowest BCUT2D eigenvalue weighted by molar-refractivity contribution is -0.137. The molecule has 2 rings (SSSR count). The first kappa shape index (κ1) is 16.2. The summed E-state index contributed by atoms with van der Waals surface area (Å²) in [7, 11) is 0. The van der Waals surface area contributed by atoms with Crippen molar-refractivity contribution in [1.82, 2.24) is 14.3 Å². The van der Waals surface area contributed by atoms with Crippen LogP contribution in [0.2, 0.25) is 0 Å². The molecule has 1 amide bonds. The van der Waals surface area contributed by atoms with Crippen molar-refractivity contribution < 1.29 is 14.7 Å². The van der Waals surface area contributed by atoms with Gasteiger partial charge >= 0.3 is 5.97 Å². The summed E-state index contributed by atoms with van der Waals surface area (Å²) in [6.45, 7) is 5.34. The number of nitrogens with zero attached hydrogens (tertiary/aromatic N) is 3. The Bertz CT molecular complexity index is 793. The Morgan fingerprint density at radius 3 is 2.68 bits per heavy atom. The Hall–Kier alpha value is -2.22. The predicted octanol–water partition coefficient (Wildman–Crippen LogP) is 1.31. The second kappa shape index (κ2) is 6.27. The van der Waals surface area contributed by atoms with Gasteiger partial charge in [0.05, 0.1) is 0 Å². The fourth-order valence-electron chi connectivity index (χ4n) is 2.18. The number of thiazole rings is 1. The van der Waals surface area contributed by atoms with E-state index in [1.165, 1.54) is 21.9 Å². The van der Waals surface area contributed by atoms with E-state index in [0.29, 0.717) is 11.4 Å². The molecule has 0 fully saturated rings. The number of carboxylic acid groups (broad SMARTS) is 1. The second-order valence-corrected chi connectivity index (χ2v) is 6.14. The van der Waals surface area contributed by atoms with Crippen LogP contribution >= 0.6 is 11.3 Å². The Labute approximate surface area is 130 Å². The zero-order chi connectivity index (χ0) is 16.4. The molecule has 0 spiro atoms. The van der Waals surface area contributed by atoms with Crippen molar-refractivity contribution in [3.63, 3.8) is 0 Å². The average Bonchev–Trinajstić information content (AvgIpc) is 2.74. The van der Waals surface area contributed by atoms with Crippen LogP contribution in [0.4, 0.5) is 0 Å². The molecule has 118 valence electrons. The smallest absolute Gasteiger partial charge is 0.323 e. The van der Waals surface area contributed by atoms with Crippen molar-refractivity contribution in [2.24, 2.45) is 0 Å². The summed E-state index contributed by atoms with van der Waals surface area (Å²) in [5.41, 5.74) is 0.184. The number of fused-ring (bicyclic) bond motifs is 1. The van der Waals surface area contributed by atoms with E-state index < -0.39 is 24.0 Å². The zero-order valence-electron chi connectivity index (χ0n) is 12.6. The van der Waals surface area contributed by atoms with Gasteiger partial charge in [-0.05, 0) is 20.3 Å². The van der Waals surface area contributed by atoms with Gasteiger partial charge in [-0.3, -0.25) is 18.8 Å². The van der Waals surface area contributed by atoms with Crippen molar-refractivity contribution in [3.05, 3.63) is 32.7 Å². The maximum absolute atomic E-state index is 12.5. The van der Waals surface area contributed by atoms with Crippen LogP contribution in [0.5, 0.6) is 0 Å². The predicted molar refractivity (Wildman–Crippen MR) is 82.6 cm³/mol. The largest absolute Gasteiger partial charge is 0.480 e. The van der Waals surface area contributed by atoms with Crippen LogP contribution in [0, 0.1) is 13.8 Å². The van der Waals surface area contributed by atoms with Gasteiger partial charge in [-0.1, -0.05) is 6.92 Å². The Morgan fingerprint density at radius 1 is 1.41 bits per heavy atom. The highest BCUT2D eigenvalue weighted by Gasteiger charge is 2.22. The monoisotopic (exact) mass is 323 g/mol. The van der Waals surface area contributed by atoms with Crippen molar-refractivity contribution in [3.8, 4) is 0 Å². The number of hydrogen-bond acceptors (Lipinski definition) is 5. The summed E-state index contributed by atoms with van der Waals surface area (Å²) in [5.74, 6) is -1.71. The lowest BCUT2D eigenvalue weighted by Crippen LogP contribution is -2.39. The summed E-state index contributed by atoms with van der Waals surface area (Å²) < 4.78 is 1.40. The zero-order valence-corrected chi connectivity index (χ0v) is 13.4. The molecule has 0 saturated heterocycles. The van der Waals surface area contributed by atoms with Gasteiger partial charge < -0.3 is 10.0 Å². The highest BCUT2D eigenvalue weighted by Crippen LogP contribution is 2.18. The average molecular weight is 323 g/mol. The molecule has 7 nitrogen and oxygen atoms in total. The molecule has 0 aliphatic rings. The fraction of sp³-hybridized carbons (Fsp3) is 0.429. The molecule has 8 heteroatoms. The van der Waals surface area contributed by atoms with Crippen molar-refractivity contribution in [2.75, 3.05) is 13.1 Å². The van der Waals surface area contributed by atoms with Crippen LogP contribution in [-0.2, 0) is 4.79 Å². The van der Waals surface area contributed by atoms with Crippen LogP contribution in [-0.4, -0.2) is 44.4 Å². The molecule has 22 heavy (non-hydrogen) atoms. The van der Waals surface area contributed by atoms with E-state index in [2.05, 4.69) is 4.98 Å². The molecule has 0 unspecified atom stereocenters. The van der Waals surface area contributed by atoms with Gasteiger partial charge in [-0.25, -0.2) is 4.98 Å². The Balaban J connectivity index is 2.51. The van der Waals surface area contributed by atoms with Gasteiger partial charge in [0.2, 0.25) is 0 Å². The highest BCUT2D eigenvalue weighted by molar-refractivity contribution is 7.17. The molecule has 1 N–H and O–H groups in total. The normalized spacial score (nSPS) is 10.9. The highest BCUT2D eigenvalue weighted by atomic mass is 32.1. The first-order valence-corrected chi connectivity index (χ1v) is 7.67. The van der Waals surface area contributed by atoms with Crippen LogP contribution in [0.15, 0.2) is 11.0 Å². The fourth-order valence-corrected chi connectivity index (χ4v) is 3.11. The number of carbonyl (C=O) groups is 2. The molecular formula is C14H17N3O4S. The van der Waals surface area contributed by atoms with Gasteiger partial charge in [0.1, 0.15) is 12.1 Å². The van der Waals surface area contributed by atoms with Crippen molar-refractivity contribution in [1.29, 1.82) is 0 Å². The minimum Gasteiger partial charge on any atom is -0.480 e. The van der Waals surface area contributed by atoms with E-state index in [4.69, 9.17) is 5.11 Å². The molecule has 0 bridgehead atoms. The molecule has 0 saturated carbocycles. The summed E-state index contributed by atoms with van der Waals surface area (Å²) in [6, 6.07) is 0. The van der Waals surface area contributed by atoms with Crippen molar-refractivity contribution in [2.45, 2.75) is 27.2 Å². The third kappa shape index (κ3) is 2.87. The van der Waals surface area contributed by atoms with Crippen LogP contribution in [0.1, 0.15) is 34.3 Å². The third-order valence-electron chi connectivity index (χ3n) is 3.36. The van der Waals surface area contributed by atoms with Gasteiger partial charge in [0.15, 0.2) is 4.96 Å². The van der Waals surface area contributed by atoms with E-state index >= 15 is 0 Å². The molecule has 2 aromatic heterocycles. The molecule has 2 aromatic rings. The van der Waals surface area contributed by atoms with Gasteiger partial charge in [0.25, 0.3) is 11.5 Å². The van der Waals surface area contributed by atoms with E-state index in [0.717, 1.165) is 15.5 Å². The Morgan fingerprint density at radius 2 is 2.09 bits per heavy atom. The topological polar surface area (TPSA) is 92.0 Å². The maximum Gasteiger partial charge on any atom is 0.323 e. The summed E-state index contributed by atoms with van der Waals surface area (Å²) in [4.78, 5) is 42.7. The number of carboxylic acids is 1. The number of rotatable bonds is 5. The SMILES string of the molecule is CCCN(CC(=O)O)C(=O)c1cnc2sc(C)c(C)n2c1=O. The molecule has 2 heterocycles. The van der Waals surface area contributed by atoms with E-state index in [-0.39, 0.29) is 12.1 Å². The minimum atomic E-state index is -1.11. The van der Waals surface area contributed by atoms with E-state index in [9.17, 15) is 14.4 Å². The van der Waals surface area contributed by atoms with E-state index in [1.54, 1.807) is 6.92 Å². The molecule has 0 aliphatic heterocycles. The number of aromatic nitrogens is 2. The summed E-state index contributed by atoms with van der Waals surface area (Å²) >= 11 is 1.38. The molecule has 0 aliphatic carbocycles. The van der Waals surface area contributed by atoms with Crippen molar-refractivity contribution >= 4 is 28.2 Å². The van der Waals surface area contributed by atoms with Crippen LogP contribution in [0.3, 0.4) is 0 Å². The number of aliphatic carboxylic acids is 1. The van der Waals surface area contributed by atoms with Gasteiger partial charge in [0, 0.05) is 23.3 Å². The number of amides is 1. The van der Waals surface area contributed by atoms with Gasteiger partial charge in [-0.15, -0.1) is 11.3 Å². The molecule has 0 atom stereocenters. The van der Waals surface area contributed by atoms with Crippen LogP contribution in [0.25, 0.3) is 4.96 Å². The number of carbonyl (C=O) groups excluding carboxylic acids is 1. The lowest BCUT2D eigenvalue weighted by Gasteiger charge is -2.19. The van der Waals surface area contributed by atoms with Crippen LogP contribution < -0.4 is 5.56 Å². The number of hydrogen-bond donors (Lipinski definition) is 1. The summed E-state index contributed by atoms with van der Waals surface area (Å²) in [5, 5.41) is 8.90. The molecular weight excluding hydrogens is 306 g/mol. The van der Waals surface area contributed by atoms with E-state index in [1.807, 2.05) is 13.8 Å². The molecule has 0 aromatic carbocycles. The third-order valence-corrected chi connectivity index (χ3v) is 4.43. The standard InChI is InChI=1S/C14H17N3O4S/c1-4-5-16(7-11(18)19)12(20)10-6-15-14-17(13(10)21)8(2)9(3)22-14/h6H,4-5,7H2,1-3H3,(H,18,19). The number of aryl methyl sites for hydroxylation is 2. The van der Waals surface area contributed by atoms with Gasteiger partial charge in [-0.2, -0.15) is 0 Å². The minimum absolute atomic E-state index is 0.104. The summed E-state index contributed by atoms with van der Waals surface area (Å²) in [6.07, 6.45) is 1.84.